The fourth-order valence-electron chi connectivity index (χ4n) is 5.90. The minimum absolute atomic E-state index is 0.108. The quantitative estimate of drug-likeness (QED) is 0.287. The zero-order valence-electron chi connectivity index (χ0n) is 24.9. The Bertz CT molecular complexity index is 1620. The molecule has 0 atom stereocenters. The van der Waals surface area contributed by atoms with Gasteiger partial charge in [0.1, 0.15) is 11.3 Å². The van der Waals surface area contributed by atoms with Crippen molar-refractivity contribution >= 4 is 34.1 Å². The van der Waals surface area contributed by atoms with Crippen LogP contribution in [0.4, 0.5) is 30.6 Å². The van der Waals surface area contributed by atoms with Crippen LogP contribution in [0.25, 0.3) is 11.0 Å². The lowest BCUT2D eigenvalue weighted by molar-refractivity contribution is 0.152. The number of carbonyl (C=O) groups excluding carboxylic acids is 1. The third kappa shape index (κ3) is 5.38. The molecule has 0 spiro atoms. The number of urea groups is 1. The number of unbranched alkanes of at least 4 members (excludes halogenated alkanes) is 1. The number of amides is 2. The van der Waals surface area contributed by atoms with E-state index in [2.05, 4.69) is 31.9 Å². The van der Waals surface area contributed by atoms with E-state index in [9.17, 15) is 4.79 Å². The molecular weight excluding hydrogens is 558 g/mol. The Hall–Kier alpha value is -4.23. The van der Waals surface area contributed by atoms with Gasteiger partial charge in [0.05, 0.1) is 38.3 Å². The molecule has 228 valence electrons. The summed E-state index contributed by atoms with van der Waals surface area (Å²) in [5, 5.41) is 5.01. The maximum atomic E-state index is 15.6. The number of aromatic amines is 1. The summed E-state index contributed by atoms with van der Waals surface area (Å²) in [6.45, 7) is 5.38. The van der Waals surface area contributed by atoms with Gasteiger partial charge in [0.25, 0.3) is 0 Å². The number of likely N-dealkylation sites (N-methyl/N-ethyl adjacent to an activating group) is 1. The Balaban J connectivity index is 1.34. The van der Waals surface area contributed by atoms with Crippen LogP contribution in [-0.2, 0) is 20.0 Å². The predicted octanol–water partition coefficient (Wildman–Crippen LogP) is 4.44. The van der Waals surface area contributed by atoms with Crippen molar-refractivity contribution in [1.29, 1.82) is 0 Å². The van der Waals surface area contributed by atoms with Crippen LogP contribution in [-0.4, -0.2) is 89.6 Å². The van der Waals surface area contributed by atoms with E-state index in [4.69, 9.17) is 9.47 Å². The molecule has 1 N–H and O–H groups in total. The fourth-order valence-corrected chi connectivity index (χ4v) is 5.90. The van der Waals surface area contributed by atoms with Gasteiger partial charge in [-0.25, -0.2) is 18.6 Å². The van der Waals surface area contributed by atoms with Crippen molar-refractivity contribution in [2.24, 2.45) is 7.05 Å². The van der Waals surface area contributed by atoms with E-state index in [1.165, 1.54) is 19.1 Å². The average Bonchev–Trinajstić information content (AvgIpc) is 3.62. The topological polar surface area (TPSA) is 95.0 Å². The van der Waals surface area contributed by atoms with Crippen molar-refractivity contribution in [3.8, 4) is 11.5 Å². The Labute approximate surface area is 248 Å². The molecule has 2 amide bonds. The molecule has 3 aromatic heterocycles. The second-order valence-corrected chi connectivity index (χ2v) is 11.1. The normalized spacial score (nSPS) is 16.3. The first-order valence-corrected chi connectivity index (χ1v) is 14.4. The summed E-state index contributed by atoms with van der Waals surface area (Å²) in [4.78, 5) is 29.6. The van der Waals surface area contributed by atoms with Gasteiger partial charge in [-0.1, -0.05) is 0 Å². The molecule has 6 rings (SSSR count). The number of rotatable bonds is 9. The molecule has 0 radical (unpaired) electrons. The summed E-state index contributed by atoms with van der Waals surface area (Å²) in [5.74, 6) is -2.48. The number of aromatic nitrogens is 4. The highest BCUT2D eigenvalue weighted by Gasteiger charge is 2.39. The first-order valence-electron chi connectivity index (χ1n) is 14.4. The third-order valence-electron chi connectivity index (χ3n) is 8.27. The largest absolute Gasteiger partial charge is 0.493 e. The summed E-state index contributed by atoms with van der Waals surface area (Å²) < 4.78 is 43.0. The van der Waals surface area contributed by atoms with E-state index in [1.807, 2.05) is 6.07 Å². The van der Waals surface area contributed by atoms with Crippen LogP contribution in [0.5, 0.6) is 11.5 Å². The van der Waals surface area contributed by atoms with Crippen molar-refractivity contribution in [1.82, 2.24) is 29.5 Å². The summed E-state index contributed by atoms with van der Waals surface area (Å²) in [6, 6.07) is 2.50. The van der Waals surface area contributed by atoms with Crippen LogP contribution in [0.3, 0.4) is 0 Å². The lowest BCUT2D eigenvalue weighted by Crippen LogP contribution is -2.45. The molecular formula is C30H36F2N8O3. The molecule has 2 aliphatic heterocycles. The molecule has 0 aliphatic carbocycles. The number of carbonyl (C=O) groups is 1. The number of aryl methyl sites for hydroxylation is 2. The molecule has 5 heterocycles. The van der Waals surface area contributed by atoms with Gasteiger partial charge in [0, 0.05) is 68.3 Å². The van der Waals surface area contributed by atoms with Crippen LogP contribution in [0.2, 0.25) is 0 Å². The van der Waals surface area contributed by atoms with Gasteiger partial charge in [0.2, 0.25) is 0 Å². The van der Waals surface area contributed by atoms with Gasteiger partial charge >= 0.3 is 6.03 Å². The fraction of sp³-hybridized carbons (Fsp3) is 0.433. The molecule has 0 saturated carbocycles. The van der Waals surface area contributed by atoms with Gasteiger partial charge in [-0.15, -0.1) is 0 Å². The number of pyridine rings is 1. The van der Waals surface area contributed by atoms with Gasteiger partial charge in [-0.05, 0) is 38.9 Å². The van der Waals surface area contributed by atoms with Crippen LogP contribution in [0, 0.1) is 11.6 Å². The first-order chi connectivity index (χ1) is 20.8. The standard InChI is InChI=1S/C30H36F2N8O3/c1-36-9-11-38(12-10-36)8-6-5-7-20-13-22-27-19(15-33-29(22)35-20)17-39(30(41)40(27)21-16-34-37(2)18-21)28-25(31)23(42-3)14-24(43-4)26(28)32/h13-16,18H,5-12,17H2,1-4H3,(H,33,35). The number of fused-ring (bicyclic) bond motifs is 3. The number of hydrogen-bond acceptors (Lipinski definition) is 7. The third-order valence-corrected chi connectivity index (χ3v) is 8.27. The highest BCUT2D eigenvalue weighted by atomic mass is 19.1. The number of ether oxygens (including phenoxy) is 2. The maximum absolute atomic E-state index is 15.6. The van der Waals surface area contributed by atoms with Crippen molar-refractivity contribution in [2.75, 3.05) is 63.8 Å². The zero-order valence-corrected chi connectivity index (χ0v) is 24.9. The molecule has 11 nitrogen and oxygen atoms in total. The number of anilines is 3. The predicted molar refractivity (Wildman–Crippen MR) is 159 cm³/mol. The lowest BCUT2D eigenvalue weighted by atomic mass is 10.1. The van der Waals surface area contributed by atoms with Crippen LogP contribution in [0.1, 0.15) is 24.1 Å². The minimum Gasteiger partial charge on any atom is -0.493 e. The van der Waals surface area contributed by atoms with Gasteiger partial charge in [-0.2, -0.15) is 5.10 Å². The molecule has 1 aromatic carbocycles. The van der Waals surface area contributed by atoms with Crippen molar-refractivity contribution in [3.05, 3.63) is 53.6 Å². The molecule has 1 saturated heterocycles. The van der Waals surface area contributed by atoms with Gasteiger partial charge in [0.15, 0.2) is 23.1 Å². The molecule has 1 fully saturated rings. The lowest BCUT2D eigenvalue weighted by Gasteiger charge is -2.37. The second-order valence-electron chi connectivity index (χ2n) is 11.1. The molecule has 13 heteroatoms. The molecule has 4 aromatic rings. The highest BCUT2D eigenvalue weighted by molar-refractivity contribution is 6.15. The number of halogens is 2. The Morgan fingerprint density at radius 3 is 2.33 bits per heavy atom. The van der Waals surface area contributed by atoms with Crippen molar-refractivity contribution < 1.29 is 23.0 Å². The summed E-state index contributed by atoms with van der Waals surface area (Å²) in [5.41, 5.74) is 2.79. The summed E-state index contributed by atoms with van der Waals surface area (Å²) in [7, 11) is 6.44. The van der Waals surface area contributed by atoms with Crippen molar-refractivity contribution in [3.63, 3.8) is 0 Å². The first kappa shape index (κ1) is 28.9. The zero-order chi connectivity index (χ0) is 30.2. The highest BCUT2D eigenvalue weighted by Crippen LogP contribution is 2.44. The molecule has 2 aliphatic rings. The number of nitrogens with zero attached hydrogens (tertiary/aromatic N) is 7. The number of H-pyrrole nitrogens is 1. The smallest absolute Gasteiger partial charge is 0.334 e. The number of hydrogen-bond donors (Lipinski definition) is 1. The number of nitrogens with one attached hydrogen (secondary N) is 1. The van der Waals surface area contributed by atoms with Crippen LogP contribution >= 0.6 is 0 Å². The average molecular weight is 595 g/mol. The number of benzene rings is 1. The molecule has 0 unspecified atom stereocenters. The van der Waals surface area contributed by atoms with E-state index >= 15 is 8.78 Å². The van der Waals surface area contributed by atoms with E-state index in [-0.39, 0.29) is 18.0 Å². The summed E-state index contributed by atoms with van der Waals surface area (Å²) >= 11 is 0. The van der Waals surface area contributed by atoms with E-state index in [0.29, 0.717) is 22.6 Å². The van der Waals surface area contributed by atoms with Crippen LogP contribution < -0.4 is 19.3 Å². The van der Waals surface area contributed by atoms with Crippen LogP contribution in [0.15, 0.2) is 30.7 Å². The molecule has 0 bridgehead atoms. The number of piperazine rings is 1. The van der Waals surface area contributed by atoms with E-state index < -0.39 is 23.4 Å². The maximum Gasteiger partial charge on any atom is 0.334 e. The Morgan fingerprint density at radius 2 is 1.67 bits per heavy atom. The summed E-state index contributed by atoms with van der Waals surface area (Å²) in [6.07, 6.45) is 7.80. The molecule has 43 heavy (non-hydrogen) atoms. The second kappa shape index (κ2) is 11.8. The van der Waals surface area contributed by atoms with E-state index in [0.717, 1.165) is 74.0 Å². The van der Waals surface area contributed by atoms with Gasteiger partial charge in [-0.3, -0.25) is 14.5 Å². The monoisotopic (exact) mass is 594 g/mol. The Morgan fingerprint density at radius 1 is 0.953 bits per heavy atom. The van der Waals surface area contributed by atoms with Gasteiger partial charge < -0.3 is 24.3 Å². The minimum atomic E-state index is -1.00. The van der Waals surface area contributed by atoms with Crippen molar-refractivity contribution in [2.45, 2.75) is 25.8 Å². The number of methoxy groups -OCH3 is 2. The SMILES string of the molecule is COc1cc(OC)c(F)c(N2Cc3cnc4[nH]c(CCCCN5CCN(C)CC5)cc4c3N(c3cnn(C)c3)C2=O)c1F. The van der Waals surface area contributed by atoms with E-state index in [1.54, 1.807) is 30.3 Å². The Kier molecular flexibility index (Phi) is 7.93.